The van der Waals surface area contributed by atoms with Crippen LogP contribution in [0.25, 0.3) is 0 Å². The molecule has 1 atom stereocenters. The molecule has 0 aliphatic carbocycles. The summed E-state index contributed by atoms with van der Waals surface area (Å²) < 4.78 is 5.32. The topological polar surface area (TPSA) is 79.5 Å². The second-order valence-corrected chi connectivity index (χ2v) is 4.97. The Balaban J connectivity index is 1.90. The van der Waals surface area contributed by atoms with Gasteiger partial charge in [0.25, 0.3) is 5.91 Å². The number of benzene rings is 1. The highest BCUT2D eigenvalue weighted by Gasteiger charge is 2.17. The number of anilines is 1. The van der Waals surface area contributed by atoms with E-state index >= 15 is 0 Å². The van der Waals surface area contributed by atoms with Crippen LogP contribution in [0.5, 0.6) is 5.75 Å². The van der Waals surface area contributed by atoms with Gasteiger partial charge in [-0.3, -0.25) is 9.59 Å². The monoisotopic (exact) mass is 291 g/mol. The Hall–Kier alpha value is -2.08. The van der Waals surface area contributed by atoms with E-state index in [-0.39, 0.29) is 24.5 Å². The van der Waals surface area contributed by atoms with Crippen LogP contribution in [0.2, 0.25) is 0 Å². The first-order valence-electron chi connectivity index (χ1n) is 7.17. The lowest BCUT2D eigenvalue weighted by atomic mass is 10.1. The first kappa shape index (κ1) is 15.3. The Bertz CT molecular complexity index is 531. The second kappa shape index (κ2) is 7.08. The molecule has 21 heavy (non-hydrogen) atoms. The maximum Gasteiger partial charge on any atom is 0.262 e. The molecule has 1 aliphatic rings. The molecule has 3 N–H and O–H groups in total. The van der Waals surface area contributed by atoms with Crippen molar-refractivity contribution in [3.8, 4) is 5.75 Å². The number of nitrogens with one attached hydrogen (secondary N) is 3. The van der Waals surface area contributed by atoms with Gasteiger partial charge in [0.2, 0.25) is 5.91 Å². The molecule has 1 heterocycles. The van der Waals surface area contributed by atoms with Gasteiger partial charge in [-0.1, -0.05) is 6.07 Å². The van der Waals surface area contributed by atoms with Crippen molar-refractivity contribution in [1.82, 2.24) is 10.6 Å². The van der Waals surface area contributed by atoms with E-state index in [4.69, 9.17) is 4.74 Å². The highest BCUT2D eigenvalue weighted by Crippen LogP contribution is 2.30. The molecule has 1 aromatic rings. The van der Waals surface area contributed by atoms with Crippen LogP contribution < -0.4 is 20.7 Å². The number of carbonyl (C=O) groups excluding carboxylic acids is 2. The molecule has 6 nitrogen and oxygen atoms in total. The van der Waals surface area contributed by atoms with E-state index in [0.29, 0.717) is 30.9 Å². The molecule has 0 saturated carbocycles. The fraction of sp³-hybridized carbons (Fsp3) is 0.467. The fourth-order valence-corrected chi connectivity index (χ4v) is 2.18. The summed E-state index contributed by atoms with van der Waals surface area (Å²) in [5, 5.41) is 8.84. The van der Waals surface area contributed by atoms with Gasteiger partial charge < -0.3 is 20.7 Å². The Morgan fingerprint density at radius 2 is 2.29 bits per heavy atom. The molecule has 0 aromatic heterocycles. The minimum Gasteiger partial charge on any atom is -0.482 e. The van der Waals surface area contributed by atoms with Crippen LogP contribution in [-0.2, 0) is 9.59 Å². The Labute approximate surface area is 124 Å². The number of rotatable bonds is 6. The molecule has 2 amide bonds. The predicted molar refractivity (Wildman–Crippen MR) is 80.3 cm³/mol. The van der Waals surface area contributed by atoms with Crippen LogP contribution in [-0.4, -0.2) is 31.5 Å². The van der Waals surface area contributed by atoms with E-state index in [0.717, 1.165) is 5.56 Å². The summed E-state index contributed by atoms with van der Waals surface area (Å²) in [6.07, 6.45) is 0.447. The van der Waals surface area contributed by atoms with Gasteiger partial charge in [-0.2, -0.15) is 0 Å². The molecule has 2 rings (SSSR count). The molecule has 1 aliphatic heterocycles. The molecule has 0 radical (unpaired) electrons. The summed E-state index contributed by atoms with van der Waals surface area (Å²) in [5.41, 5.74) is 1.73. The lowest BCUT2D eigenvalue weighted by molar-refractivity contribution is -0.121. The van der Waals surface area contributed by atoms with Gasteiger partial charge in [-0.25, -0.2) is 0 Å². The van der Waals surface area contributed by atoms with Gasteiger partial charge in [0, 0.05) is 25.6 Å². The zero-order chi connectivity index (χ0) is 15.2. The average Bonchev–Trinajstić information content (AvgIpc) is 2.46. The van der Waals surface area contributed by atoms with Crippen molar-refractivity contribution in [3.05, 3.63) is 23.8 Å². The lowest BCUT2D eigenvalue weighted by Crippen LogP contribution is -2.29. The molecule has 0 bridgehead atoms. The highest BCUT2D eigenvalue weighted by molar-refractivity contribution is 5.95. The van der Waals surface area contributed by atoms with Crippen molar-refractivity contribution in [2.45, 2.75) is 26.3 Å². The van der Waals surface area contributed by atoms with Crippen LogP contribution in [0.4, 0.5) is 5.69 Å². The fourth-order valence-electron chi connectivity index (χ4n) is 2.18. The lowest BCUT2D eigenvalue weighted by Gasteiger charge is -2.21. The molecule has 0 saturated heterocycles. The summed E-state index contributed by atoms with van der Waals surface area (Å²) >= 11 is 0. The molecule has 1 unspecified atom stereocenters. The van der Waals surface area contributed by atoms with Crippen molar-refractivity contribution in [1.29, 1.82) is 0 Å². The Morgan fingerprint density at radius 1 is 1.48 bits per heavy atom. The summed E-state index contributed by atoms with van der Waals surface area (Å²) in [6.45, 7) is 5.24. The van der Waals surface area contributed by atoms with Gasteiger partial charge in [-0.05, 0) is 31.5 Å². The standard InChI is InChI=1S/C15H21N3O3/c1-3-16-14(19)6-7-17-10(2)11-4-5-13-12(8-11)18-15(20)9-21-13/h4-5,8,10,17H,3,6-7,9H2,1-2H3,(H,16,19)(H,18,20). The quantitative estimate of drug-likeness (QED) is 0.735. The van der Waals surface area contributed by atoms with Gasteiger partial charge in [0.05, 0.1) is 5.69 Å². The highest BCUT2D eigenvalue weighted by atomic mass is 16.5. The number of fused-ring (bicyclic) bond motifs is 1. The maximum atomic E-state index is 11.4. The first-order valence-corrected chi connectivity index (χ1v) is 7.17. The molecule has 6 heteroatoms. The molecule has 0 fully saturated rings. The van der Waals surface area contributed by atoms with Gasteiger partial charge in [0.1, 0.15) is 5.75 Å². The van der Waals surface area contributed by atoms with Crippen molar-refractivity contribution < 1.29 is 14.3 Å². The molecule has 114 valence electrons. The van der Waals surface area contributed by atoms with Crippen LogP contribution in [0.1, 0.15) is 31.9 Å². The van der Waals surface area contributed by atoms with E-state index in [1.54, 1.807) is 0 Å². The van der Waals surface area contributed by atoms with Crippen LogP contribution >= 0.6 is 0 Å². The smallest absolute Gasteiger partial charge is 0.262 e. The zero-order valence-corrected chi connectivity index (χ0v) is 12.4. The molecular formula is C15H21N3O3. The summed E-state index contributed by atoms with van der Waals surface area (Å²) in [4.78, 5) is 22.7. The summed E-state index contributed by atoms with van der Waals surface area (Å²) in [7, 11) is 0. The number of hydrogen-bond acceptors (Lipinski definition) is 4. The number of amides is 2. The first-order chi connectivity index (χ1) is 10.1. The predicted octanol–water partition coefficient (Wildman–Crippen LogP) is 1.19. The van der Waals surface area contributed by atoms with Crippen LogP contribution in [0.15, 0.2) is 18.2 Å². The zero-order valence-electron chi connectivity index (χ0n) is 12.4. The van der Waals surface area contributed by atoms with E-state index in [2.05, 4.69) is 16.0 Å². The van der Waals surface area contributed by atoms with Crippen molar-refractivity contribution in [3.63, 3.8) is 0 Å². The third-order valence-corrected chi connectivity index (χ3v) is 3.31. The number of carbonyl (C=O) groups is 2. The van der Waals surface area contributed by atoms with Gasteiger partial charge >= 0.3 is 0 Å². The Kier molecular flexibility index (Phi) is 5.16. The van der Waals surface area contributed by atoms with Gasteiger partial charge in [-0.15, -0.1) is 0 Å². The third-order valence-electron chi connectivity index (χ3n) is 3.31. The summed E-state index contributed by atoms with van der Waals surface area (Å²) in [6, 6.07) is 5.80. The minimum absolute atomic E-state index is 0.0447. The average molecular weight is 291 g/mol. The van der Waals surface area contributed by atoms with Crippen molar-refractivity contribution >= 4 is 17.5 Å². The van der Waals surface area contributed by atoms with Gasteiger partial charge in [0.15, 0.2) is 6.61 Å². The normalized spacial score (nSPS) is 14.7. The second-order valence-electron chi connectivity index (χ2n) is 4.97. The maximum absolute atomic E-state index is 11.4. The van der Waals surface area contributed by atoms with E-state index in [1.165, 1.54) is 0 Å². The molecule has 1 aromatic carbocycles. The van der Waals surface area contributed by atoms with E-state index in [1.807, 2.05) is 32.0 Å². The Morgan fingerprint density at radius 3 is 3.05 bits per heavy atom. The number of hydrogen-bond donors (Lipinski definition) is 3. The number of ether oxygens (including phenoxy) is 1. The van der Waals surface area contributed by atoms with Crippen molar-refractivity contribution in [2.75, 3.05) is 25.0 Å². The molecule has 0 spiro atoms. The van der Waals surface area contributed by atoms with E-state index in [9.17, 15) is 9.59 Å². The van der Waals surface area contributed by atoms with E-state index < -0.39 is 0 Å². The third kappa shape index (κ3) is 4.19. The van der Waals surface area contributed by atoms with Crippen LogP contribution in [0.3, 0.4) is 0 Å². The van der Waals surface area contributed by atoms with Crippen LogP contribution in [0, 0.1) is 0 Å². The largest absolute Gasteiger partial charge is 0.482 e. The van der Waals surface area contributed by atoms with Crippen molar-refractivity contribution in [2.24, 2.45) is 0 Å². The molecular weight excluding hydrogens is 270 g/mol. The minimum atomic E-state index is -0.142. The SMILES string of the molecule is CCNC(=O)CCNC(C)c1ccc2c(c1)NC(=O)CO2. The summed E-state index contributed by atoms with van der Waals surface area (Å²) in [5.74, 6) is 0.590.